The van der Waals surface area contributed by atoms with E-state index in [0.29, 0.717) is 29.7 Å². The highest BCUT2D eigenvalue weighted by molar-refractivity contribution is 7.99. The Hall–Kier alpha value is -3.86. The summed E-state index contributed by atoms with van der Waals surface area (Å²) in [5.41, 5.74) is 1.49. The Morgan fingerprint density at radius 1 is 1.15 bits per heavy atom. The Morgan fingerprint density at radius 2 is 1.91 bits per heavy atom. The first kappa shape index (κ1) is 23.3. The predicted octanol–water partition coefficient (Wildman–Crippen LogP) is 2.54. The van der Waals surface area contributed by atoms with Crippen LogP contribution in [-0.2, 0) is 16.0 Å². The zero-order chi connectivity index (χ0) is 23.9. The number of imide groups is 1. The molecule has 0 bridgehead atoms. The van der Waals surface area contributed by atoms with Crippen LogP contribution in [0.25, 0.3) is 5.69 Å². The number of nitrogens with one attached hydrogen (secondary N) is 3. The molecule has 1 fully saturated rings. The summed E-state index contributed by atoms with van der Waals surface area (Å²) in [6.45, 7) is 2.47. The molecule has 2 heterocycles. The monoisotopic (exact) mass is 480 g/mol. The first-order valence-corrected chi connectivity index (χ1v) is 11.8. The van der Waals surface area contributed by atoms with E-state index in [1.54, 1.807) is 0 Å². The van der Waals surface area contributed by atoms with Gasteiger partial charge in [0.05, 0.1) is 12.4 Å². The SMILES string of the molecule is CCOc1ccc(-n2c(CC3CC(=O)NC(=O)N3)nnc2SCC(=O)Nc2ccccc2)cc1. The van der Waals surface area contributed by atoms with Crippen LogP contribution >= 0.6 is 11.8 Å². The summed E-state index contributed by atoms with van der Waals surface area (Å²) in [5, 5.41) is 16.9. The van der Waals surface area contributed by atoms with Crippen molar-refractivity contribution in [1.82, 2.24) is 25.4 Å². The molecule has 3 aromatic rings. The molecular weight excluding hydrogens is 456 g/mol. The Bertz CT molecular complexity index is 1150. The highest BCUT2D eigenvalue weighted by atomic mass is 32.2. The van der Waals surface area contributed by atoms with E-state index < -0.39 is 12.1 Å². The molecule has 0 radical (unpaired) electrons. The van der Waals surface area contributed by atoms with Crippen LogP contribution in [-0.4, -0.2) is 51.0 Å². The van der Waals surface area contributed by atoms with Crippen molar-refractivity contribution in [3.05, 3.63) is 60.4 Å². The molecule has 0 saturated carbocycles. The molecule has 10 nitrogen and oxygen atoms in total. The van der Waals surface area contributed by atoms with Gasteiger partial charge in [0.25, 0.3) is 0 Å². The summed E-state index contributed by atoms with van der Waals surface area (Å²) in [5.74, 6) is 0.916. The van der Waals surface area contributed by atoms with E-state index in [4.69, 9.17) is 4.74 Å². The molecule has 1 atom stereocenters. The lowest BCUT2D eigenvalue weighted by Crippen LogP contribution is -2.53. The van der Waals surface area contributed by atoms with Crippen molar-refractivity contribution >= 4 is 35.3 Å². The van der Waals surface area contributed by atoms with Gasteiger partial charge in [-0.3, -0.25) is 19.5 Å². The summed E-state index contributed by atoms with van der Waals surface area (Å²) in [6, 6.07) is 15.7. The van der Waals surface area contributed by atoms with Crippen LogP contribution in [0.2, 0.25) is 0 Å². The molecular formula is C23H24N6O4S. The molecule has 1 saturated heterocycles. The molecule has 4 amide bonds. The fraction of sp³-hybridized carbons (Fsp3) is 0.261. The predicted molar refractivity (Wildman–Crippen MR) is 127 cm³/mol. The molecule has 2 aromatic carbocycles. The standard InChI is InChI=1S/C23H24N6O4S/c1-2-33-18-10-8-17(9-11-18)29-19(12-16-13-20(30)26-22(32)25-16)27-28-23(29)34-14-21(31)24-15-6-4-3-5-7-15/h3-11,16H,2,12-14H2,1H3,(H,24,31)(H2,25,26,30,32). The Labute approximate surface area is 200 Å². The van der Waals surface area contributed by atoms with Crippen LogP contribution in [0.5, 0.6) is 5.75 Å². The smallest absolute Gasteiger partial charge is 0.321 e. The van der Waals surface area contributed by atoms with Crippen molar-refractivity contribution in [2.45, 2.75) is 31.0 Å². The highest BCUT2D eigenvalue weighted by Gasteiger charge is 2.27. The third-order valence-electron chi connectivity index (χ3n) is 4.95. The molecule has 176 valence electrons. The zero-order valence-electron chi connectivity index (χ0n) is 18.5. The number of nitrogens with zero attached hydrogens (tertiary/aromatic N) is 3. The molecule has 1 aliphatic heterocycles. The maximum Gasteiger partial charge on any atom is 0.321 e. The van der Waals surface area contributed by atoms with E-state index in [1.807, 2.05) is 66.1 Å². The number of rotatable bonds is 9. The summed E-state index contributed by atoms with van der Waals surface area (Å²) < 4.78 is 7.36. The second kappa shape index (κ2) is 10.8. The number of urea groups is 1. The van der Waals surface area contributed by atoms with Crippen LogP contribution in [0.3, 0.4) is 0 Å². The fourth-order valence-electron chi connectivity index (χ4n) is 3.51. The van der Waals surface area contributed by atoms with Gasteiger partial charge in [-0.2, -0.15) is 0 Å². The van der Waals surface area contributed by atoms with Crippen molar-refractivity contribution in [3.63, 3.8) is 0 Å². The zero-order valence-corrected chi connectivity index (χ0v) is 19.3. The Kier molecular flexibility index (Phi) is 7.43. The van der Waals surface area contributed by atoms with E-state index in [9.17, 15) is 14.4 Å². The van der Waals surface area contributed by atoms with E-state index in [0.717, 1.165) is 11.4 Å². The molecule has 3 N–H and O–H groups in total. The summed E-state index contributed by atoms with van der Waals surface area (Å²) >= 11 is 1.25. The number of aromatic nitrogens is 3. The highest BCUT2D eigenvalue weighted by Crippen LogP contribution is 2.25. The Balaban J connectivity index is 1.54. The number of hydrogen-bond acceptors (Lipinski definition) is 7. The minimum absolute atomic E-state index is 0.132. The van der Waals surface area contributed by atoms with Crippen LogP contribution in [0, 0.1) is 0 Å². The van der Waals surface area contributed by atoms with E-state index in [-0.39, 0.29) is 24.0 Å². The molecule has 11 heteroatoms. The first-order chi connectivity index (χ1) is 16.5. The minimum Gasteiger partial charge on any atom is -0.494 e. The number of ether oxygens (including phenoxy) is 1. The van der Waals surface area contributed by atoms with Crippen molar-refractivity contribution < 1.29 is 19.1 Å². The fourth-order valence-corrected chi connectivity index (χ4v) is 4.28. The van der Waals surface area contributed by atoms with Gasteiger partial charge >= 0.3 is 6.03 Å². The molecule has 34 heavy (non-hydrogen) atoms. The summed E-state index contributed by atoms with van der Waals surface area (Å²) in [4.78, 5) is 35.9. The van der Waals surface area contributed by atoms with Crippen LogP contribution in [0.1, 0.15) is 19.2 Å². The lowest BCUT2D eigenvalue weighted by molar-refractivity contribution is -0.121. The minimum atomic E-state index is -0.527. The van der Waals surface area contributed by atoms with E-state index >= 15 is 0 Å². The molecule has 1 aromatic heterocycles. The average Bonchev–Trinajstić information content (AvgIpc) is 3.20. The number of carbonyl (C=O) groups is 3. The van der Waals surface area contributed by atoms with Crippen LogP contribution < -0.4 is 20.7 Å². The molecule has 1 unspecified atom stereocenters. The second-order valence-electron chi connectivity index (χ2n) is 7.49. The van der Waals surface area contributed by atoms with Gasteiger partial charge in [-0.15, -0.1) is 10.2 Å². The number of anilines is 1. The van der Waals surface area contributed by atoms with Gasteiger partial charge in [0.1, 0.15) is 11.6 Å². The maximum absolute atomic E-state index is 12.4. The number of amides is 4. The van der Waals surface area contributed by atoms with Gasteiger partial charge in [-0.25, -0.2) is 4.79 Å². The van der Waals surface area contributed by atoms with E-state index in [2.05, 4.69) is 26.1 Å². The number of thioether (sulfide) groups is 1. The lowest BCUT2D eigenvalue weighted by Gasteiger charge is -2.23. The number of para-hydroxylation sites is 1. The van der Waals surface area contributed by atoms with E-state index in [1.165, 1.54) is 11.8 Å². The molecule has 0 spiro atoms. The van der Waals surface area contributed by atoms with Gasteiger partial charge in [-0.1, -0.05) is 30.0 Å². The first-order valence-electron chi connectivity index (χ1n) is 10.8. The number of benzene rings is 2. The van der Waals surface area contributed by atoms with Crippen molar-refractivity contribution in [1.29, 1.82) is 0 Å². The van der Waals surface area contributed by atoms with Gasteiger partial charge in [0.2, 0.25) is 11.8 Å². The topological polar surface area (TPSA) is 127 Å². The van der Waals surface area contributed by atoms with Crippen LogP contribution in [0.4, 0.5) is 10.5 Å². The summed E-state index contributed by atoms with van der Waals surface area (Å²) in [6.07, 6.45) is 0.444. The number of hydrogen-bond donors (Lipinski definition) is 3. The van der Waals surface area contributed by atoms with Crippen molar-refractivity contribution in [2.24, 2.45) is 0 Å². The van der Waals surface area contributed by atoms with Crippen molar-refractivity contribution in [3.8, 4) is 11.4 Å². The number of carbonyl (C=O) groups excluding carboxylic acids is 3. The Morgan fingerprint density at radius 3 is 2.62 bits per heavy atom. The van der Waals surface area contributed by atoms with Crippen LogP contribution in [0.15, 0.2) is 59.8 Å². The molecule has 4 rings (SSSR count). The maximum atomic E-state index is 12.4. The molecule has 0 aliphatic carbocycles. The summed E-state index contributed by atoms with van der Waals surface area (Å²) in [7, 11) is 0. The third-order valence-corrected chi connectivity index (χ3v) is 5.87. The third kappa shape index (κ3) is 5.93. The quantitative estimate of drug-likeness (QED) is 0.402. The van der Waals surface area contributed by atoms with Gasteiger partial charge in [-0.05, 0) is 43.3 Å². The van der Waals surface area contributed by atoms with Gasteiger partial charge in [0.15, 0.2) is 5.16 Å². The largest absolute Gasteiger partial charge is 0.494 e. The van der Waals surface area contributed by atoms with Gasteiger partial charge in [0, 0.05) is 30.3 Å². The van der Waals surface area contributed by atoms with Crippen molar-refractivity contribution in [2.75, 3.05) is 17.7 Å². The molecule has 1 aliphatic rings. The normalized spacial score (nSPS) is 15.4. The lowest BCUT2D eigenvalue weighted by atomic mass is 10.1. The second-order valence-corrected chi connectivity index (χ2v) is 8.43. The average molecular weight is 481 g/mol. The van der Waals surface area contributed by atoms with Gasteiger partial charge < -0.3 is 15.4 Å².